The molecule has 0 aliphatic carbocycles. The Morgan fingerprint density at radius 3 is 2.52 bits per heavy atom. The number of hydrogen-bond acceptors (Lipinski definition) is 3. The van der Waals surface area contributed by atoms with Gasteiger partial charge in [-0.1, -0.05) is 37.6 Å². The Morgan fingerprint density at radius 1 is 0.952 bits per heavy atom. The summed E-state index contributed by atoms with van der Waals surface area (Å²) in [5.74, 6) is 1.01. The number of nitrogens with zero attached hydrogens (tertiary/aromatic N) is 3. The standard InChI is InChI=1S/C17H16ClN3/c1-10(2)17-20-15(9-16(18)21-17)13-6-7-14-12(8-13)5-4-11(3)19-14/h4-10H,1-3H3. The quantitative estimate of drug-likeness (QED) is 0.639. The van der Waals surface area contributed by atoms with Crippen molar-refractivity contribution in [3.8, 4) is 11.3 Å². The van der Waals surface area contributed by atoms with E-state index in [1.165, 1.54) is 0 Å². The molecule has 0 saturated heterocycles. The number of hydrogen-bond donors (Lipinski definition) is 0. The van der Waals surface area contributed by atoms with E-state index in [2.05, 4.69) is 40.9 Å². The highest BCUT2D eigenvalue weighted by molar-refractivity contribution is 6.29. The highest BCUT2D eigenvalue weighted by Gasteiger charge is 2.09. The van der Waals surface area contributed by atoms with E-state index >= 15 is 0 Å². The Hall–Kier alpha value is -2.00. The SMILES string of the molecule is Cc1ccc2cc(-c3cc(Cl)nc(C(C)C)n3)ccc2n1. The summed E-state index contributed by atoms with van der Waals surface area (Å²) in [4.78, 5) is 13.4. The first-order valence-electron chi connectivity index (χ1n) is 6.95. The first kappa shape index (κ1) is 14.0. The summed E-state index contributed by atoms with van der Waals surface area (Å²) in [5.41, 5.74) is 3.88. The highest BCUT2D eigenvalue weighted by atomic mass is 35.5. The van der Waals surface area contributed by atoms with Crippen LogP contribution in [-0.2, 0) is 0 Å². The lowest BCUT2D eigenvalue weighted by atomic mass is 10.1. The fraction of sp³-hybridized carbons (Fsp3) is 0.235. The normalized spacial score (nSPS) is 11.3. The van der Waals surface area contributed by atoms with Crippen LogP contribution in [-0.4, -0.2) is 15.0 Å². The van der Waals surface area contributed by atoms with E-state index in [9.17, 15) is 0 Å². The molecule has 0 saturated carbocycles. The fourth-order valence-electron chi connectivity index (χ4n) is 2.23. The molecule has 1 aromatic carbocycles. The van der Waals surface area contributed by atoms with Crippen molar-refractivity contribution in [3.05, 3.63) is 53.1 Å². The predicted octanol–water partition coefficient (Wildman–Crippen LogP) is 4.78. The van der Waals surface area contributed by atoms with Gasteiger partial charge < -0.3 is 0 Å². The zero-order chi connectivity index (χ0) is 15.0. The molecule has 0 radical (unpaired) electrons. The van der Waals surface area contributed by atoms with Gasteiger partial charge in [0.2, 0.25) is 0 Å². The Balaban J connectivity index is 2.14. The average Bonchev–Trinajstić information content (AvgIpc) is 2.46. The van der Waals surface area contributed by atoms with Gasteiger partial charge in [-0.2, -0.15) is 0 Å². The van der Waals surface area contributed by atoms with Gasteiger partial charge in [-0.05, 0) is 25.1 Å². The molecule has 0 amide bonds. The molecule has 0 bridgehead atoms. The summed E-state index contributed by atoms with van der Waals surface area (Å²) < 4.78 is 0. The molecular formula is C17H16ClN3. The van der Waals surface area contributed by atoms with Crippen LogP contribution in [0.5, 0.6) is 0 Å². The summed E-state index contributed by atoms with van der Waals surface area (Å²) in [6.07, 6.45) is 0. The molecule has 3 rings (SSSR count). The molecular weight excluding hydrogens is 282 g/mol. The van der Waals surface area contributed by atoms with E-state index in [1.807, 2.05) is 25.1 Å². The van der Waals surface area contributed by atoms with Gasteiger partial charge >= 0.3 is 0 Å². The monoisotopic (exact) mass is 297 g/mol. The van der Waals surface area contributed by atoms with Crippen LogP contribution in [0, 0.1) is 6.92 Å². The number of pyridine rings is 1. The number of aromatic nitrogens is 3. The largest absolute Gasteiger partial charge is 0.253 e. The lowest BCUT2D eigenvalue weighted by Gasteiger charge is -2.08. The van der Waals surface area contributed by atoms with Crippen LogP contribution >= 0.6 is 11.6 Å². The second kappa shape index (κ2) is 5.41. The van der Waals surface area contributed by atoms with Crippen LogP contribution in [0.4, 0.5) is 0 Å². The predicted molar refractivity (Wildman–Crippen MR) is 86.6 cm³/mol. The van der Waals surface area contributed by atoms with Crippen molar-refractivity contribution < 1.29 is 0 Å². The van der Waals surface area contributed by atoms with Gasteiger partial charge in [0.1, 0.15) is 11.0 Å². The molecule has 0 fully saturated rings. The van der Waals surface area contributed by atoms with Gasteiger partial charge in [-0.3, -0.25) is 4.98 Å². The number of rotatable bonds is 2. The molecule has 3 aromatic rings. The summed E-state index contributed by atoms with van der Waals surface area (Å²) >= 11 is 6.12. The van der Waals surface area contributed by atoms with Crippen molar-refractivity contribution in [2.45, 2.75) is 26.7 Å². The molecule has 0 N–H and O–H groups in total. The zero-order valence-electron chi connectivity index (χ0n) is 12.3. The van der Waals surface area contributed by atoms with Crippen LogP contribution in [0.1, 0.15) is 31.3 Å². The van der Waals surface area contributed by atoms with Gasteiger partial charge in [-0.15, -0.1) is 0 Å². The summed E-state index contributed by atoms with van der Waals surface area (Å²) in [5, 5.41) is 1.57. The van der Waals surface area contributed by atoms with Crippen molar-refractivity contribution >= 4 is 22.5 Å². The molecule has 2 heterocycles. The summed E-state index contributed by atoms with van der Waals surface area (Å²) in [6, 6.07) is 12.0. The van der Waals surface area contributed by atoms with Crippen molar-refractivity contribution in [1.82, 2.24) is 15.0 Å². The number of halogens is 1. The van der Waals surface area contributed by atoms with E-state index in [0.717, 1.165) is 33.7 Å². The second-order valence-corrected chi connectivity index (χ2v) is 5.84. The molecule has 0 aliphatic rings. The lowest BCUT2D eigenvalue weighted by molar-refractivity contribution is 0.776. The van der Waals surface area contributed by atoms with Gasteiger partial charge in [0.15, 0.2) is 0 Å². The second-order valence-electron chi connectivity index (χ2n) is 5.45. The fourth-order valence-corrected chi connectivity index (χ4v) is 2.42. The first-order chi connectivity index (χ1) is 10.0. The molecule has 0 spiro atoms. The first-order valence-corrected chi connectivity index (χ1v) is 7.33. The molecule has 0 unspecified atom stereocenters. The third-order valence-electron chi connectivity index (χ3n) is 3.35. The number of benzene rings is 1. The number of fused-ring (bicyclic) bond motifs is 1. The topological polar surface area (TPSA) is 38.7 Å². The molecule has 0 atom stereocenters. The Morgan fingerprint density at radius 2 is 1.76 bits per heavy atom. The highest BCUT2D eigenvalue weighted by Crippen LogP contribution is 2.25. The summed E-state index contributed by atoms with van der Waals surface area (Å²) in [6.45, 7) is 6.11. The van der Waals surface area contributed by atoms with Gasteiger partial charge in [0.05, 0.1) is 11.2 Å². The Kier molecular flexibility index (Phi) is 3.60. The van der Waals surface area contributed by atoms with E-state index < -0.39 is 0 Å². The maximum Gasteiger partial charge on any atom is 0.133 e. The van der Waals surface area contributed by atoms with E-state index in [1.54, 1.807) is 6.07 Å². The third-order valence-corrected chi connectivity index (χ3v) is 3.55. The van der Waals surface area contributed by atoms with Crippen molar-refractivity contribution in [1.29, 1.82) is 0 Å². The molecule has 106 valence electrons. The van der Waals surface area contributed by atoms with E-state index in [-0.39, 0.29) is 5.92 Å². The maximum atomic E-state index is 6.12. The van der Waals surface area contributed by atoms with Gasteiger partial charge in [0.25, 0.3) is 0 Å². The molecule has 3 nitrogen and oxygen atoms in total. The third kappa shape index (κ3) is 2.88. The maximum absolute atomic E-state index is 6.12. The van der Waals surface area contributed by atoms with E-state index in [4.69, 9.17) is 11.6 Å². The van der Waals surface area contributed by atoms with Crippen molar-refractivity contribution in [3.63, 3.8) is 0 Å². The van der Waals surface area contributed by atoms with Gasteiger partial charge in [0, 0.05) is 28.6 Å². The van der Waals surface area contributed by atoms with Crippen molar-refractivity contribution in [2.75, 3.05) is 0 Å². The Labute approximate surface area is 129 Å². The molecule has 0 aliphatic heterocycles. The lowest BCUT2D eigenvalue weighted by Crippen LogP contribution is -1.99. The van der Waals surface area contributed by atoms with Crippen LogP contribution in [0.25, 0.3) is 22.2 Å². The Bertz CT molecular complexity index is 812. The van der Waals surface area contributed by atoms with Crippen molar-refractivity contribution in [2.24, 2.45) is 0 Å². The number of aryl methyl sites for hydroxylation is 1. The molecule has 4 heteroatoms. The minimum absolute atomic E-state index is 0.243. The van der Waals surface area contributed by atoms with E-state index in [0.29, 0.717) is 5.15 Å². The van der Waals surface area contributed by atoms with Crippen LogP contribution in [0.3, 0.4) is 0 Å². The average molecular weight is 298 g/mol. The summed E-state index contributed by atoms with van der Waals surface area (Å²) in [7, 11) is 0. The van der Waals surface area contributed by atoms with Crippen LogP contribution in [0.2, 0.25) is 5.15 Å². The van der Waals surface area contributed by atoms with Crippen LogP contribution < -0.4 is 0 Å². The van der Waals surface area contributed by atoms with Crippen LogP contribution in [0.15, 0.2) is 36.4 Å². The molecule has 21 heavy (non-hydrogen) atoms. The molecule has 2 aromatic heterocycles. The smallest absolute Gasteiger partial charge is 0.133 e. The van der Waals surface area contributed by atoms with Gasteiger partial charge in [-0.25, -0.2) is 9.97 Å². The minimum atomic E-state index is 0.243. The zero-order valence-corrected chi connectivity index (χ0v) is 13.0. The minimum Gasteiger partial charge on any atom is -0.253 e.